The molecule has 19 heavy (non-hydrogen) atoms. The maximum atomic E-state index is 4.29. The second kappa shape index (κ2) is 6.18. The minimum absolute atomic E-state index is 0.832. The summed E-state index contributed by atoms with van der Waals surface area (Å²) < 4.78 is 0. The summed E-state index contributed by atoms with van der Waals surface area (Å²) in [4.78, 5) is 10.5. The van der Waals surface area contributed by atoms with Crippen LogP contribution in [-0.4, -0.2) is 24.1 Å². The molecule has 0 bridgehead atoms. The highest BCUT2D eigenvalue weighted by atomic mass is 15.2. The lowest BCUT2D eigenvalue weighted by atomic mass is 10.1. The Bertz CT molecular complexity index is 522. The lowest BCUT2D eigenvalue weighted by molar-refractivity contribution is 0.890. The molecule has 0 unspecified atom stereocenters. The summed E-state index contributed by atoms with van der Waals surface area (Å²) in [5.74, 6) is 1.75. The Labute approximate surface area is 114 Å². The molecule has 0 saturated heterocycles. The molecule has 2 rings (SSSR count). The molecule has 0 amide bonds. The molecule has 0 aliphatic heterocycles. The molecule has 0 aliphatic carbocycles. The van der Waals surface area contributed by atoms with E-state index in [1.54, 1.807) is 6.33 Å². The minimum atomic E-state index is 0.832. The molecule has 1 aromatic carbocycles. The fourth-order valence-electron chi connectivity index (χ4n) is 1.93. The fraction of sp³-hybridized carbons (Fsp3) is 0.333. The third-order valence-electron chi connectivity index (χ3n) is 3.15. The zero-order valence-corrected chi connectivity index (χ0v) is 11.7. The first-order valence-corrected chi connectivity index (χ1v) is 6.51. The maximum Gasteiger partial charge on any atom is 0.134 e. The molecule has 1 N–H and O–H groups in total. The summed E-state index contributed by atoms with van der Waals surface area (Å²) >= 11 is 0. The predicted molar refractivity (Wildman–Crippen MR) is 79.5 cm³/mol. The number of aryl methyl sites for hydroxylation is 1. The highest BCUT2D eigenvalue weighted by Crippen LogP contribution is 2.15. The van der Waals surface area contributed by atoms with Gasteiger partial charge in [-0.15, -0.1) is 0 Å². The second-order valence-electron chi connectivity index (χ2n) is 4.54. The summed E-state index contributed by atoms with van der Waals surface area (Å²) in [6, 6.07) is 10.7. The number of nitrogens with zero attached hydrogens (tertiary/aromatic N) is 3. The lowest BCUT2D eigenvalue weighted by Crippen LogP contribution is -2.18. The highest BCUT2D eigenvalue weighted by Gasteiger charge is 2.05. The van der Waals surface area contributed by atoms with Crippen LogP contribution >= 0.6 is 0 Å². The molecule has 2 aromatic rings. The highest BCUT2D eigenvalue weighted by molar-refractivity contribution is 5.47. The zero-order chi connectivity index (χ0) is 13.7. The lowest BCUT2D eigenvalue weighted by Gasteiger charge is -2.18. The number of anilines is 2. The van der Waals surface area contributed by atoms with Crippen molar-refractivity contribution >= 4 is 11.6 Å². The Hall–Kier alpha value is -2.10. The largest absolute Gasteiger partial charge is 0.373 e. The van der Waals surface area contributed by atoms with E-state index < -0.39 is 0 Å². The molecule has 1 aromatic heterocycles. The summed E-state index contributed by atoms with van der Waals surface area (Å²) in [6.07, 6.45) is 2.66. The molecule has 0 fully saturated rings. The summed E-state index contributed by atoms with van der Waals surface area (Å²) in [5, 5.41) is 3.02. The third-order valence-corrected chi connectivity index (χ3v) is 3.15. The van der Waals surface area contributed by atoms with Gasteiger partial charge in [0.2, 0.25) is 0 Å². The van der Waals surface area contributed by atoms with Crippen LogP contribution in [-0.2, 0) is 13.0 Å². The van der Waals surface area contributed by atoms with Gasteiger partial charge in [-0.2, -0.15) is 0 Å². The van der Waals surface area contributed by atoms with Crippen LogP contribution in [0.5, 0.6) is 0 Å². The van der Waals surface area contributed by atoms with Gasteiger partial charge in [0.25, 0.3) is 0 Å². The molecule has 0 saturated carbocycles. The number of nitrogens with one attached hydrogen (secondary N) is 1. The average Bonchev–Trinajstić information content (AvgIpc) is 2.48. The van der Waals surface area contributed by atoms with E-state index in [-0.39, 0.29) is 0 Å². The van der Waals surface area contributed by atoms with E-state index in [9.17, 15) is 0 Å². The number of rotatable bonds is 5. The molecule has 0 atom stereocenters. The van der Waals surface area contributed by atoms with Crippen molar-refractivity contribution in [2.45, 2.75) is 19.9 Å². The Kier molecular flexibility index (Phi) is 4.34. The molecule has 4 heteroatoms. The van der Waals surface area contributed by atoms with Crippen LogP contribution in [0, 0.1) is 0 Å². The zero-order valence-electron chi connectivity index (χ0n) is 11.7. The molecule has 100 valence electrons. The Balaban J connectivity index is 2.08. The van der Waals surface area contributed by atoms with Crippen molar-refractivity contribution in [1.82, 2.24) is 9.97 Å². The van der Waals surface area contributed by atoms with Crippen LogP contribution in [0.25, 0.3) is 0 Å². The number of aromatic nitrogens is 2. The smallest absolute Gasteiger partial charge is 0.134 e. The predicted octanol–water partition coefficient (Wildman–Crippen LogP) is 2.72. The van der Waals surface area contributed by atoms with Gasteiger partial charge in [-0.25, -0.2) is 9.97 Å². The first kappa shape index (κ1) is 13.3. The molecule has 0 aliphatic rings. The molecule has 0 radical (unpaired) electrons. The summed E-state index contributed by atoms with van der Waals surface area (Å²) in [6.45, 7) is 3.01. The Morgan fingerprint density at radius 2 is 1.79 bits per heavy atom. The van der Waals surface area contributed by atoms with Crippen LogP contribution in [0.4, 0.5) is 11.6 Å². The standard InChI is InChI=1S/C15H20N4/c1-4-12-5-7-13(8-6-12)10-19(3)15-9-14(16-2)17-11-18-15/h5-9,11H,4,10H2,1-3H3,(H,16,17,18). The quantitative estimate of drug-likeness (QED) is 0.893. The molecular weight excluding hydrogens is 236 g/mol. The molecule has 0 spiro atoms. The van der Waals surface area contributed by atoms with Gasteiger partial charge in [-0.1, -0.05) is 31.2 Å². The monoisotopic (exact) mass is 256 g/mol. The second-order valence-corrected chi connectivity index (χ2v) is 4.54. The molecule has 1 heterocycles. The van der Waals surface area contributed by atoms with E-state index in [4.69, 9.17) is 0 Å². The number of hydrogen-bond acceptors (Lipinski definition) is 4. The SMILES string of the molecule is CCc1ccc(CN(C)c2cc(NC)ncn2)cc1. The van der Waals surface area contributed by atoms with Gasteiger partial charge >= 0.3 is 0 Å². The molecule has 4 nitrogen and oxygen atoms in total. The van der Waals surface area contributed by atoms with Crippen LogP contribution in [0.3, 0.4) is 0 Å². The number of hydrogen-bond donors (Lipinski definition) is 1. The van der Waals surface area contributed by atoms with Crippen LogP contribution in [0.1, 0.15) is 18.1 Å². The molecular formula is C15H20N4. The van der Waals surface area contributed by atoms with Crippen LogP contribution in [0.15, 0.2) is 36.7 Å². The summed E-state index contributed by atoms with van der Waals surface area (Å²) in [7, 11) is 3.89. The van der Waals surface area contributed by atoms with E-state index in [0.29, 0.717) is 0 Å². The van der Waals surface area contributed by atoms with Crippen LogP contribution < -0.4 is 10.2 Å². The normalized spacial score (nSPS) is 10.3. The summed E-state index contributed by atoms with van der Waals surface area (Å²) in [5.41, 5.74) is 2.65. The van der Waals surface area contributed by atoms with Gasteiger partial charge in [0, 0.05) is 26.7 Å². The van der Waals surface area contributed by atoms with Crippen molar-refractivity contribution in [3.8, 4) is 0 Å². The van der Waals surface area contributed by atoms with Gasteiger partial charge in [-0.05, 0) is 17.5 Å². The van der Waals surface area contributed by atoms with E-state index in [1.807, 2.05) is 20.2 Å². The topological polar surface area (TPSA) is 41.0 Å². The Morgan fingerprint density at radius 3 is 2.42 bits per heavy atom. The van der Waals surface area contributed by atoms with Gasteiger partial charge in [0.05, 0.1) is 0 Å². The van der Waals surface area contributed by atoms with Crippen molar-refractivity contribution in [3.05, 3.63) is 47.8 Å². The number of benzene rings is 1. The third kappa shape index (κ3) is 3.44. The van der Waals surface area contributed by atoms with E-state index >= 15 is 0 Å². The maximum absolute atomic E-state index is 4.29. The van der Waals surface area contributed by atoms with Gasteiger partial charge < -0.3 is 10.2 Å². The van der Waals surface area contributed by atoms with Crippen molar-refractivity contribution < 1.29 is 0 Å². The average molecular weight is 256 g/mol. The van der Waals surface area contributed by atoms with Gasteiger partial charge in [0.15, 0.2) is 0 Å². The van der Waals surface area contributed by atoms with Crippen molar-refractivity contribution in [3.63, 3.8) is 0 Å². The van der Waals surface area contributed by atoms with Crippen molar-refractivity contribution in [2.75, 3.05) is 24.3 Å². The van der Waals surface area contributed by atoms with Crippen molar-refractivity contribution in [2.24, 2.45) is 0 Å². The van der Waals surface area contributed by atoms with E-state index in [1.165, 1.54) is 11.1 Å². The Morgan fingerprint density at radius 1 is 1.11 bits per heavy atom. The fourth-order valence-corrected chi connectivity index (χ4v) is 1.93. The van der Waals surface area contributed by atoms with Gasteiger partial charge in [0.1, 0.15) is 18.0 Å². The van der Waals surface area contributed by atoms with Gasteiger partial charge in [-0.3, -0.25) is 0 Å². The minimum Gasteiger partial charge on any atom is -0.373 e. The van der Waals surface area contributed by atoms with E-state index in [0.717, 1.165) is 24.6 Å². The van der Waals surface area contributed by atoms with Crippen molar-refractivity contribution in [1.29, 1.82) is 0 Å². The first-order chi connectivity index (χ1) is 9.22. The van der Waals surface area contributed by atoms with Crippen LogP contribution in [0.2, 0.25) is 0 Å². The van der Waals surface area contributed by atoms with E-state index in [2.05, 4.69) is 51.4 Å². The first-order valence-electron chi connectivity index (χ1n) is 6.51.